The molecule has 1 N–H and O–H groups in total. The van der Waals surface area contributed by atoms with E-state index < -0.39 is 0 Å². The third-order valence-corrected chi connectivity index (χ3v) is 7.62. The fourth-order valence-electron chi connectivity index (χ4n) is 5.37. The number of nitrogens with one attached hydrogen (secondary N) is 1. The maximum atomic E-state index is 13.8. The molecule has 8 nitrogen and oxygen atoms in total. The SMILES string of the molecule is COc1cc(C2c3c(-c4ccc(C)cc4)n[nH]c3C(=O)N2CCCN2CCOCC2)ccc1OCCC(C)C. The molecule has 8 heteroatoms. The molecule has 1 atom stereocenters. The molecule has 1 amide bonds. The van der Waals surface area contributed by atoms with Gasteiger partial charge in [-0.3, -0.25) is 14.8 Å². The number of benzene rings is 2. The Bertz CT molecular complexity index is 1260. The summed E-state index contributed by atoms with van der Waals surface area (Å²) in [7, 11) is 1.66. The zero-order valence-electron chi connectivity index (χ0n) is 23.5. The highest BCUT2D eigenvalue weighted by Gasteiger charge is 2.42. The van der Waals surface area contributed by atoms with Crippen LogP contribution in [-0.2, 0) is 4.74 Å². The van der Waals surface area contributed by atoms with Gasteiger partial charge in [-0.15, -0.1) is 0 Å². The van der Waals surface area contributed by atoms with Gasteiger partial charge in [0.05, 0.1) is 38.7 Å². The fourth-order valence-corrected chi connectivity index (χ4v) is 5.37. The number of carbonyl (C=O) groups excluding carboxylic acids is 1. The molecule has 1 aromatic heterocycles. The molecule has 5 rings (SSSR count). The van der Waals surface area contributed by atoms with Crippen LogP contribution in [-0.4, -0.2) is 79.0 Å². The number of morpholine rings is 1. The zero-order valence-corrected chi connectivity index (χ0v) is 23.5. The van der Waals surface area contributed by atoms with Gasteiger partial charge >= 0.3 is 0 Å². The van der Waals surface area contributed by atoms with Gasteiger partial charge in [-0.2, -0.15) is 5.10 Å². The fraction of sp³-hybridized carbons (Fsp3) is 0.484. The van der Waals surface area contributed by atoms with Crippen molar-refractivity contribution < 1.29 is 19.0 Å². The predicted molar refractivity (Wildman–Crippen MR) is 151 cm³/mol. The second-order valence-electron chi connectivity index (χ2n) is 10.9. The number of hydrogen-bond acceptors (Lipinski definition) is 6. The molecule has 1 saturated heterocycles. The first-order chi connectivity index (χ1) is 19.0. The van der Waals surface area contributed by atoms with E-state index >= 15 is 0 Å². The van der Waals surface area contributed by atoms with E-state index in [0.29, 0.717) is 30.5 Å². The van der Waals surface area contributed by atoms with E-state index in [1.807, 2.05) is 17.0 Å². The van der Waals surface area contributed by atoms with Gasteiger partial charge in [0.1, 0.15) is 5.69 Å². The Morgan fingerprint density at radius 2 is 1.85 bits per heavy atom. The highest BCUT2D eigenvalue weighted by molar-refractivity contribution is 6.00. The van der Waals surface area contributed by atoms with Gasteiger partial charge < -0.3 is 19.1 Å². The minimum atomic E-state index is -0.272. The first-order valence-corrected chi connectivity index (χ1v) is 14.0. The summed E-state index contributed by atoms with van der Waals surface area (Å²) < 4.78 is 17.3. The highest BCUT2D eigenvalue weighted by Crippen LogP contribution is 2.44. The minimum absolute atomic E-state index is 0.0148. The van der Waals surface area contributed by atoms with E-state index in [-0.39, 0.29) is 11.9 Å². The maximum Gasteiger partial charge on any atom is 0.273 e. The van der Waals surface area contributed by atoms with E-state index in [9.17, 15) is 4.79 Å². The highest BCUT2D eigenvalue weighted by atomic mass is 16.5. The van der Waals surface area contributed by atoms with E-state index in [4.69, 9.17) is 14.2 Å². The number of hydrogen-bond donors (Lipinski definition) is 1. The van der Waals surface area contributed by atoms with Gasteiger partial charge in [-0.05, 0) is 43.4 Å². The largest absolute Gasteiger partial charge is 0.493 e. The number of H-pyrrole nitrogens is 1. The van der Waals surface area contributed by atoms with E-state index in [2.05, 4.69) is 66.2 Å². The van der Waals surface area contributed by atoms with E-state index in [1.54, 1.807) is 7.11 Å². The monoisotopic (exact) mass is 532 g/mol. The average molecular weight is 533 g/mol. The number of ether oxygens (including phenoxy) is 3. The molecule has 0 bridgehead atoms. The molecule has 39 heavy (non-hydrogen) atoms. The molecule has 1 unspecified atom stereocenters. The number of methoxy groups -OCH3 is 1. The molecule has 208 valence electrons. The lowest BCUT2D eigenvalue weighted by Crippen LogP contribution is -2.38. The number of rotatable bonds is 11. The number of fused-ring (bicyclic) bond motifs is 1. The van der Waals surface area contributed by atoms with Crippen LogP contribution >= 0.6 is 0 Å². The van der Waals surface area contributed by atoms with Crippen LogP contribution < -0.4 is 9.47 Å². The van der Waals surface area contributed by atoms with E-state index in [1.165, 1.54) is 5.56 Å². The summed E-state index contributed by atoms with van der Waals surface area (Å²) in [4.78, 5) is 18.1. The molecular weight excluding hydrogens is 492 g/mol. The number of aromatic nitrogens is 2. The molecule has 0 saturated carbocycles. The Balaban J connectivity index is 1.47. The summed E-state index contributed by atoms with van der Waals surface area (Å²) in [6, 6.07) is 14.1. The second kappa shape index (κ2) is 12.2. The van der Waals surface area contributed by atoms with Crippen molar-refractivity contribution in [2.24, 2.45) is 5.92 Å². The number of aryl methyl sites for hydroxylation is 1. The number of aromatic amines is 1. The summed E-state index contributed by atoms with van der Waals surface area (Å²) in [6.07, 6.45) is 1.85. The Kier molecular flexibility index (Phi) is 8.53. The van der Waals surface area contributed by atoms with Crippen LogP contribution in [0.15, 0.2) is 42.5 Å². The number of nitrogens with zero attached hydrogens (tertiary/aromatic N) is 3. The van der Waals surface area contributed by atoms with Crippen molar-refractivity contribution in [3.63, 3.8) is 0 Å². The topological polar surface area (TPSA) is 79.9 Å². The van der Waals surface area contributed by atoms with Crippen molar-refractivity contribution in [1.82, 2.24) is 20.0 Å². The van der Waals surface area contributed by atoms with Crippen molar-refractivity contribution in [3.05, 3.63) is 64.8 Å². The van der Waals surface area contributed by atoms with Crippen LogP contribution in [0.3, 0.4) is 0 Å². The van der Waals surface area contributed by atoms with Gasteiger partial charge in [-0.1, -0.05) is 49.7 Å². The first-order valence-electron chi connectivity index (χ1n) is 14.0. The van der Waals surface area contributed by atoms with Gasteiger partial charge in [-0.25, -0.2) is 0 Å². The van der Waals surface area contributed by atoms with Crippen molar-refractivity contribution in [3.8, 4) is 22.8 Å². The molecule has 0 aliphatic carbocycles. The van der Waals surface area contributed by atoms with Gasteiger partial charge in [0.2, 0.25) is 0 Å². The molecular formula is C31H40N4O4. The molecule has 3 aromatic rings. The molecule has 2 aromatic carbocycles. The maximum absolute atomic E-state index is 13.8. The summed E-state index contributed by atoms with van der Waals surface area (Å²) in [5.41, 5.74) is 5.46. The van der Waals surface area contributed by atoms with Crippen LogP contribution in [0.2, 0.25) is 0 Å². The Morgan fingerprint density at radius 1 is 1.08 bits per heavy atom. The normalized spacial score (nSPS) is 17.6. The van der Waals surface area contributed by atoms with Gasteiger partial charge in [0, 0.05) is 37.3 Å². The van der Waals surface area contributed by atoms with E-state index in [0.717, 1.165) is 73.8 Å². The standard InChI is InChI=1S/C31H40N4O4/c1-21(2)12-17-39-25-11-10-24(20-26(25)37-4)30-27-28(23-8-6-22(3)7-9-23)32-33-29(27)31(36)35(30)14-5-13-34-15-18-38-19-16-34/h6-11,20-21,30H,5,12-19H2,1-4H3,(H,32,33). The number of carbonyl (C=O) groups is 1. The predicted octanol–water partition coefficient (Wildman–Crippen LogP) is 5.09. The average Bonchev–Trinajstić information content (AvgIpc) is 3.48. The quantitative estimate of drug-likeness (QED) is 0.371. The van der Waals surface area contributed by atoms with Gasteiger partial charge in [0.15, 0.2) is 11.5 Å². The van der Waals surface area contributed by atoms with Gasteiger partial charge in [0.25, 0.3) is 5.91 Å². The van der Waals surface area contributed by atoms with Crippen LogP contribution in [0.4, 0.5) is 0 Å². The van der Waals surface area contributed by atoms with Crippen molar-refractivity contribution >= 4 is 5.91 Å². The van der Waals surface area contributed by atoms with Crippen molar-refractivity contribution in [2.45, 2.75) is 39.7 Å². The van der Waals surface area contributed by atoms with Crippen LogP contribution in [0.1, 0.15) is 59.9 Å². The van der Waals surface area contributed by atoms with Crippen LogP contribution in [0.25, 0.3) is 11.3 Å². The molecule has 3 heterocycles. The van der Waals surface area contributed by atoms with Crippen LogP contribution in [0.5, 0.6) is 11.5 Å². The summed E-state index contributed by atoms with van der Waals surface area (Å²) >= 11 is 0. The minimum Gasteiger partial charge on any atom is -0.493 e. The molecule has 0 radical (unpaired) electrons. The van der Waals surface area contributed by atoms with Crippen molar-refractivity contribution in [1.29, 1.82) is 0 Å². The Hall–Kier alpha value is -3.36. The lowest BCUT2D eigenvalue weighted by atomic mass is 9.95. The zero-order chi connectivity index (χ0) is 27.4. The summed E-state index contributed by atoms with van der Waals surface area (Å²) in [5, 5.41) is 7.69. The third-order valence-electron chi connectivity index (χ3n) is 7.62. The lowest BCUT2D eigenvalue weighted by molar-refractivity contribution is 0.0354. The Labute approximate surface area is 231 Å². The Morgan fingerprint density at radius 3 is 2.56 bits per heavy atom. The summed E-state index contributed by atoms with van der Waals surface area (Å²) in [6.45, 7) is 12.1. The smallest absolute Gasteiger partial charge is 0.273 e. The third kappa shape index (κ3) is 5.97. The summed E-state index contributed by atoms with van der Waals surface area (Å²) in [5.74, 6) is 1.94. The molecule has 0 spiro atoms. The first kappa shape index (κ1) is 27.2. The van der Waals surface area contributed by atoms with Crippen LogP contribution in [0, 0.1) is 12.8 Å². The van der Waals surface area contributed by atoms with Crippen molar-refractivity contribution in [2.75, 3.05) is 53.1 Å². The molecule has 1 fully saturated rings. The second-order valence-corrected chi connectivity index (χ2v) is 10.9. The number of amides is 1. The molecule has 2 aliphatic rings. The molecule has 2 aliphatic heterocycles. The lowest BCUT2D eigenvalue weighted by Gasteiger charge is -2.30.